The first-order valence-corrected chi connectivity index (χ1v) is 7.48. The van der Waals surface area contributed by atoms with Crippen LogP contribution < -0.4 is 0 Å². The summed E-state index contributed by atoms with van der Waals surface area (Å²) in [6, 6.07) is 5.83. The summed E-state index contributed by atoms with van der Waals surface area (Å²) in [4.78, 5) is 8.85. The highest BCUT2D eigenvalue weighted by Gasteiger charge is 2.16. The van der Waals surface area contributed by atoms with Crippen LogP contribution in [-0.4, -0.2) is 14.5 Å². The molecule has 0 spiro atoms. The molecule has 3 rings (SSSR count). The summed E-state index contributed by atoms with van der Waals surface area (Å²) < 4.78 is 2.76. The van der Waals surface area contributed by atoms with Crippen molar-refractivity contribution in [2.45, 2.75) is 19.9 Å². The SMILES string of the molecule is Cc1cnc(C(C)n2c(=S)[nH]c3ccc(Cl)cc32)s1. The fourth-order valence-electron chi connectivity index (χ4n) is 2.15. The molecule has 1 unspecified atom stereocenters. The van der Waals surface area contributed by atoms with Gasteiger partial charge in [0, 0.05) is 16.1 Å². The summed E-state index contributed by atoms with van der Waals surface area (Å²) in [5.41, 5.74) is 2.01. The molecule has 19 heavy (non-hydrogen) atoms. The molecule has 0 radical (unpaired) electrons. The Morgan fingerprint density at radius 3 is 2.95 bits per heavy atom. The van der Waals surface area contributed by atoms with E-state index in [4.69, 9.17) is 23.8 Å². The average Bonchev–Trinajstić information content (AvgIpc) is 2.91. The van der Waals surface area contributed by atoms with E-state index in [1.807, 2.05) is 24.4 Å². The number of hydrogen-bond donors (Lipinski definition) is 1. The highest BCUT2D eigenvalue weighted by Crippen LogP contribution is 2.28. The van der Waals surface area contributed by atoms with Gasteiger partial charge in [0.2, 0.25) is 0 Å². The molecule has 0 saturated heterocycles. The molecule has 0 bridgehead atoms. The van der Waals surface area contributed by atoms with Gasteiger partial charge < -0.3 is 9.55 Å². The van der Waals surface area contributed by atoms with Gasteiger partial charge in [0.05, 0.1) is 17.1 Å². The van der Waals surface area contributed by atoms with E-state index < -0.39 is 0 Å². The average molecular weight is 310 g/mol. The van der Waals surface area contributed by atoms with Crippen LogP contribution in [-0.2, 0) is 0 Å². The summed E-state index contributed by atoms with van der Waals surface area (Å²) in [6.07, 6.45) is 1.89. The first kappa shape index (κ1) is 12.8. The van der Waals surface area contributed by atoms with E-state index in [0.717, 1.165) is 16.0 Å². The van der Waals surface area contributed by atoms with Gasteiger partial charge in [-0.3, -0.25) is 0 Å². The van der Waals surface area contributed by atoms with E-state index in [-0.39, 0.29) is 6.04 Å². The number of rotatable bonds is 2. The molecule has 0 fully saturated rings. The Morgan fingerprint density at radius 2 is 2.26 bits per heavy atom. The van der Waals surface area contributed by atoms with Crippen molar-refractivity contribution in [3.8, 4) is 0 Å². The number of nitrogens with zero attached hydrogens (tertiary/aromatic N) is 2. The van der Waals surface area contributed by atoms with Gasteiger partial charge in [0.15, 0.2) is 4.77 Å². The fourth-order valence-corrected chi connectivity index (χ4v) is 3.50. The quantitative estimate of drug-likeness (QED) is 0.694. The molecule has 98 valence electrons. The standard InChI is InChI=1S/C13H12ClN3S2/c1-7-6-15-12(19-7)8(2)17-11-5-9(14)3-4-10(11)16-13(17)18/h3-6,8H,1-2H3,(H,16,18). The lowest BCUT2D eigenvalue weighted by Crippen LogP contribution is -2.06. The van der Waals surface area contributed by atoms with Crippen LogP contribution in [0.25, 0.3) is 11.0 Å². The largest absolute Gasteiger partial charge is 0.331 e. The number of benzene rings is 1. The Balaban J connectivity index is 2.21. The lowest BCUT2D eigenvalue weighted by atomic mass is 10.3. The maximum absolute atomic E-state index is 6.08. The second-order valence-electron chi connectivity index (χ2n) is 4.45. The van der Waals surface area contributed by atoms with Crippen molar-refractivity contribution >= 4 is 46.2 Å². The monoisotopic (exact) mass is 309 g/mol. The van der Waals surface area contributed by atoms with Crippen LogP contribution in [0.1, 0.15) is 22.9 Å². The van der Waals surface area contributed by atoms with Crippen molar-refractivity contribution in [3.63, 3.8) is 0 Å². The zero-order chi connectivity index (χ0) is 13.6. The molecule has 1 atom stereocenters. The van der Waals surface area contributed by atoms with E-state index in [1.54, 1.807) is 11.3 Å². The van der Waals surface area contributed by atoms with E-state index in [1.165, 1.54) is 4.88 Å². The molecule has 0 aliphatic carbocycles. The smallest absolute Gasteiger partial charge is 0.178 e. The molecule has 2 heterocycles. The summed E-state index contributed by atoms with van der Waals surface area (Å²) >= 11 is 13.2. The Labute approximate surface area is 124 Å². The third kappa shape index (κ3) is 2.22. The maximum Gasteiger partial charge on any atom is 0.178 e. The zero-order valence-corrected chi connectivity index (χ0v) is 12.9. The summed E-state index contributed by atoms with van der Waals surface area (Å²) in [7, 11) is 0. The van der Waals surface area contributed by atoms with Gasteiger partial charge in [0.1, 0.15) is 5.01 Å². The van der Waals surface area contributed by atoms with E-state index in [2.05, 4.69) is 28.4 Å². The predicted octanol–water partition coefficient (Wildman–Crippen LogP) is 4.73. The van der Waals surface area contributed by atoms with Crippen LogP contribution in [0.3, 0.4) is 0 Å². The molecule has 1 aromatic carbocycles. The van der Waals surface area contributed by atoms with Gasteiger partial charge in [-0.1, -0.05) is 11.6 Å². The van der Waals surface area contributed by atoms with Crippen LogP contribution in [0.5, 0.6) is 0 Å². The van der Waals surface area contributed by atoms with Crippen LogP contribution >= 0.6 is 35.2 Å². The second-order valence-corrected chi connectivity index (χ2v) is 6.54. The van der Waals surface area contributed by atoms with Crippen molar-refractivity contribution in [3.05, 3.63) is 44.1 Å². The summed E-state index contributed by atoms with van der Waals surface area (Å²) in [5, 5.41) is 1.76. The summed E-state index contributed by atoms with van der Waals surface area (Å²) in [5.74, 6) is 0. The highest BCUT2D eigenvalue weighted by atomic mass is 35.5. The van der Waals surface area contributed by atoms with Crippen molar-refractivity contribution in [2.75, 3.05) is 0 Å². The Hall–Kier alpha value is -1.17. The maximum atomic E-state index is 6.08. The molecule has 3 aromatic rings. The van der Waals surface area contributed by atoms with Gasteiger partial charge in [-0.05, 0) is 44.3 Å². The van der Waals surface area contributed by atoms with Gasteiger partial charge in [-0.15, -0.1) is 11.3 Å². The minimum absolute atomic E-state index is 0.0958. The van der Waals surface area contributed by atoms with Crippen molar-refractivity contribution in [1.82, 2.24) is 14.5 Å². The normalized spacial score (nSPS) is 13.0. The molecular weight excluding hydrogens is 298 g/mol. The number of imidazole rings is 1. The lowest BCUT2D eigenvalue weighted by Gasteiger charge is -2.11. The third-order valence-corrected chi connectivity index (χ3v) is 4.68. The molecule has 1 N–H and O–H groups in total. The van der Waals surface area contributed by atoms with Crippen LogP contribution in [0, 0.1) is 11.7 Å². The fraction of sp³-hybridized carbons (Fsp3) is 0.231. The number of halogens is 1. The number of thiazole rings is 1. The van der Waals surface area contributed by atoms with Gasteiger partial charge in [-0.2, -0.15) is 0 Å². The van der Waals surface area contributed by atoms with Crippen LogP contribution in [0.2, 0.25) is 5.02 Å². The molecule has 0 aliphatic rings. The molecule has 6 heteroatoms. The summed E-state index contributed by atoms with van der Waals surface area (Å²) in [6.45, 7) is 4.15. The van der Waals surface area contributed by atoms with Gasteiger partial charge in [-0.25, -0.2) is 4.98 Å². The van der Waals surface area contributed by atoms with Gasteiger partial charge in [0.25, 0.3) is 0 Å². The zero-order valence-electron chi connectivity index (χ0n) is 10.5. The van der Waals surface area contributed by atoms with E-state index in [9.17, 15) is 0 Å². The first-order valence-electron chi connectivity index (χ1n) is 5.88. The number of aromatic nitrogens is 3. The Bertz CT molecular complexity index is 800. The topological polar surface area (TPSA) is 33.6 Å². The van der Waals surface area contributed by atoms with Crippen LogP contribution in [0.15, 0.2) is 24.4 Å². The van der Waals surface area contributed by atoms with E-state index >= 15 is 0 Å². The molecule has 0 saturated carbocycles. The van der Waals surface area contributed by atoms with Crippen molar-refractivity contribution in [1.29, 1.82) is 0 Å². The molecule has 2 aromatic heterocycles. The lowest BCUT2D eigenvalue weighted by molar-refractivity contribution is 0.645. The molecule has 3 nitrogen and oxygen atoms in total. The second kappa shape index (κ2) is 4.74. The number of hydrogen-bond acceptors (Lipinski definition) is 3. The van der Waals surface area contributed by atoms with Crippen LogP contribution in [0.4, 0.5) is 0 Å². The number of fused-ring (bicyclic) bond motifs is 1. The number of aromatic amines is 1. The molecule has 0 aliphatic heterocycles. The Morgan fingerprint density at radius 1 is 1.47 bits per heavy atom. The Kier molecular flexibility index (Phi) is 3.20. The van der Waals surface area contributed by atoms with Gasteiger partial charge >= 0.3 is 0 Å². The highest BCUT2D eigenvalue weighted by molar-refractivity contribution is 7.71. The molecular formula is C13H12ClN3S2. The van der Waals surface area contributed by atoms with Crippen molar-refractivity contribution < 1.29 is 0 Å². The van der Waals surface area contributed by atoms with E-state index in [0.29, 0.717) is 9.79 Å². The minimum Gasteiger partial charge on any atom is -0.331 e. The number of nitrogens with one attached hydrogen (secondary N) is 1. The van der Waals surface area contributed by atoms with Crippen molar-refractivity contribution in [2.24, 2.45) is 0 Å². The number of H-pyrrole nitrogens is 1. The minimum atomic E-state index is 0.0958. The predicted molar refractivity (Wildman–Crippen MR) is 82.8 cm³/mol. The first-order chi connectivity index (χ1) is 9.06. The molecule has 0 amide bonds. The third-order valence-electron chi connectivity index (χ3n) is 3.06. The number of aryl methyl sites for hydroxylation is 1.